The van der Waals surface area contributed by atoms with Crippen LogP contribution in [0.4, 0.5) is 5.82 Å². The smallest absolute Gasteiger partial charge is 0.303 e. The highest BCUT2D eigenvalue weighted by Gasteiger charge is 2.14. The normalized spacial score (nSPS) is 10.4. The molecule has 0 unspecified atom stereocenters. The van der Waals surface area contributed by atoms with Gasteiger partial charge in [0.2, 0.25) is 0 Å². The monoisotopic (exact) mass is 349 g/mol. The highest BCUT2D eigenvalue weighted by atomic mass is 16.5. The van der Waals surface area contributed by atoms with Gasteiger partial charge in [-0.05, 0) is 19.1 Å². The molecule has 0 saturated carbocycles. The lowest BCUT2D eigenvalue weighted by Crippen LogP contribution is -2.21. The quantitative estimate of drug-likeness (QED) is 0.717. The van der Waals surface area contributed by atoms with Crippen LogP contribution in [-0.4, -0.2) is 28.3 Å². The highest BCUT2D eigenvalue weighted by molar-refractivity contribution is 5.92. The third kappa shape index (κ3) is 4.16. The summed E-state index contributed by atoms with van der Waals surface area (Å²) in [7, 11) is 0. The maximum atomic E-state index is 12.1. The number of esters is 1. The van der Waals surface area contributed by atoms with Gasteiger partial charge in [0, 0.05) is 18.6 Å². The average Bonchev–Trinajstić information content (AvgIpc) is 3.05. The van der Waals surface area contributed by atoms with Gasteiger partial charge in [-0.15, -0.1) is 0 Å². The van der Waals surface area contributed by atoms with E-state index in [0.717, 1.165) is 22.5 Å². The molecule has 1 amide bonds. The second-order valence-electron chi connectivity index (χ2n) is 5.86. The van der Waals surface area contributed by atoms with Crippen molar-refractivity contribution in [2.24, 2.45) is 0 Å². The van der Waals surface area contributed by atoms with E-state index in [2.05, 4.69) is 10.4 Å². The summed E-state index contributed by atoms with van der Waals surface area (Å²) < 4.78 is 6.40. The maximum absolute atomic E-state index is 12.1. The Morgan fingerprint density at radius 3 is 2.42 bits per heavy atom. The Hall–Kier alpha value is -3.41. The van der Waals surface area contributed by atoms with Crippen molar-refractivity contribution in [3.63, 3.8) is 0 Å². The van der Waals surface area contributed by atoms with Crippen LogP contribution in [0.15, 0.2) is 60.7 Å². The number of para-hydroxylation sites is 1. The first-order valence-corrected chi connectivity index (χ1v) is 8.18. The van der Waals surface area contributed by atoms with Crippen molar-refractivity contribution < 1.29 is 14.3 Å². The predicted octanol–water partition coefficient (Wildman–Crippen LogP) is 3.35. The van der Waals surface area contributed by atoms with Gasteiger partial charge in [0.05, 0.1) is 11.4 Å². The number of aryl methyl sites for hydroxylation is 1. The molecule has 2 aromatic carbocycles. The Balaban J connectivity index is 1.94. The van der Waals surface area contributed by atoms with Crippen LogP contribution in [0.3, 0.4) is 0 Å². The lowest BCUT2D eigenvalue weighted by Gasteiger charge is -2.08. The van der Waals surface area contributed by atoms with Crippen LogP contribution in [0, 0.1) is 6.92 Å². The molecule has 3 aromatic rings. The van der Waals surface area contributed by atoms with Crippen LogP contribution < -0.4 is 5.32 Å². The molecule has 0 saturated heterocycles. The summed E-state index contributed by atoms with van der Waals surface area (Å²) in [4.78, 5) is 22.9. The van der Waals surface area contributed by atoms with Gasteiger partial charge in [0.1, 0.15) is 5.82 Å². The number of benzene rings is 2. The summed E-state index contributed by atoms with van der Waals surface area (Å²) in [6.07, 6.45) is 0. The third-order valence-electron chi connectivity index (χ3n) is 3.73. The number of nitrogens with zero attached hydrogens (tertiary/aromatic N) is 2. The molecule has 1 aromatic heterocycles. The number of carbonyl (C=O) groups is 2. The topological polar surface area (TPSA) is 73.2 Å². The van der Waals surface area contributed by atoms with Crippen molar-refractivity contribution in [2.75, 3.05) is 11.9 Å². The van der Waals surface area contributed by atoms with E-state index in [1.165, 1.54) is 6.92 Å². The van der Waals surface area contributed by atoms with Crippen molar-refractivity contribution in [3.8, 4) is 16.9 Å². The molecule has 1 N–H and O–H groups in total. The maximum Gasteiger partial charge on any atom is 0.303 e. The van der Waals surface area contributed by atoms with Gasteiger partial charge >= 0.3 is 5.97 Å². The highest BCUT2D eigenvalue weighted by Crippen LogP contribution is 2.25. The zero-order valence-corrected chi connectivity index (χ0v) is 14.6. The first kappa shape index (κ1) is 17.4. The predicted molar refractivity (Wildman–Crippen MR) is 99.0 cm³/mol. The molecular formula is C20H19N3O3. The minimum absolute atomic E-state index is 0.338. The fraction of sp³-hybridized carbons (Fsp3) is 0.150. The van der Waals surface area contributed by atoms with Gasteiger partial charge in [-0.2, -0.15) is 5.10 Å². The molecule has 0 aliphatic carbocycles. The Morgan fingerprint density at radius 2 is 1.77 bits per heavy atom. The van der Waals surface area contributed by atoms with E-state index < -0.39 is 11.9 Å². The van der Waals surface area contributed by atoms with E-state index in [9.17, 15) is 9.59 Å². The van der Waals surface area contributed by atoms with Gasteiger partial charge in [-0.25, -0.2) is 4.68 Å². The Bertz CT molecular complexity index is 915. The SMILES string of the molecule is CC(=O)OCC(=O)Nc1cc(-c2ccc(C)cc2)nn1-c1ccccc1. The third-order valence-corrected chi connectivity index (χ3v) is 3.73. The van der Waals surface area contributed by atoms with Crippen LogP contribution in [-0.2, 0) is 14.3 Å². The Morgan fingerprint density at radius 1 is 1.08 bits per heavy atom. The van der Waals surface area contributed by atoms with E-state index in [1.54, 1.807) is 10.7 Å². The summed E-state index contributed by atoms with van der Waals surface area (Å²) in [5.74, 6) is -0.422. The molecule has 3 rings (SSSR count). The van der Waals surface area contributed by atoms with Crippen molar-refractivity contribution in [3.05, 3.63) is 66.2 Å². The molecule has 6 heteroatoms. The van der Waals surface area contributed by atoms with E-state index in [0.29, 0.717) is 5.82 Å². The van der Waals surface area contributed by atoms with Crippen LogP contribution in [0.5, 0.6) is 0 Å². The number of anilines is 1. The number of hydrogen-bond donors (Lipinski definition) is 1. The Labute approximate surface area is 151 Å². The van der Waals surface area contributed by atoms with Gasteiger partial charge in [0.15, 0.2) is 6.61 Å². The van der Waals surface area contributed by atoms with Crippen LogP contribution in [0.1, 0.15) is 12.5 Å². The fourth-order valence-electron chi connectivity index (χ4n) is 2.45. The van der Waals surface area contributed by atoms with Gasteiger partial charge in [-0.1, -0.05) is 48.0 Å². The summed E-state index contributed by atoms with van der Waals surface area (Å²) in [5.41, 5.74) is 3.65. The van der Waals surface area contributed by atoms with E-state index >= 15 is 0 Å². The molecule has 6 nitrogen and oxygen atoms in total. The van der Waals surface area contributed by atoms with Crippen LogP contribution in [0.2, 0.25) is 0 Å². The van der Waals surface area contributed by atoms with Gasteiger partial charge in [-0.3, -0.25) is 9.59 Å². The molecule has 0 radical (unpaired) electrons. The summed E-state index contributed by atoms with van der Waals surface area (Å²) in [5, 5.41) is 7.37. The summed E-state index contributed by atoms with van der Waals surface area (Å²) >= 11 is 0. The van der Waals surface area contributed by atoms with Crippen molar-refractivity contribution in [1.82, 2.24) is 9.78 Å². The first-order valence-electron chi connectivity index (χ1n) is 8.18. The van der Waals surface area contributed by atoms with Crippen molar-refractivity contribution in [1.29, 1.82) is 0 Å². The molecule has 0 aliphatic rings. The molecule has 0 spiro atoms. The summed E-state index contributed by atoms with van der Waals surface area (Å²) in [6, 6.07) is 19.3. The van der Waals surface area contributed by atoms with Crippen LogP contribution >= 0.6 is 0 Å². The number of rotatable bonds is 5. The standard InChI is InChI=1S/C20H19N3O3/c1-14-8-10-16(11-9-14)18-12-19(21-20(25)13-26-15(2)24)23(22-18)17-6-4-3-5-7-17/h3-12H,13H2,1-2H3,(H,21,25). The van der Waals surface area contributed by atoms with Gasteiger partial charge < -0.3 is 10.1 Å². The lowest BCUT2D eigenvalue weighted by molar-refractivity contribution is -0.144. The number of carbonyl (C=O) groups excluding carboxylic acids is 2. The van der Waals surface area contributed by atoms with Crippen molar-refractivity contribution >= 4 is 17.7 Å². The molecule has 0 fully saturated rings. The zero-order valence-electron chi connectivity index (χ0n) is 14.6. The molecular weight excluding hydrogens is 330 g/mol. The lowest BCUT2D eigenvalue weighted by atomic mass is 10.1. The van der Waals surface area contributed by atoms with Gasteiger partial charge in [0.25, 0.3) is 5.91 Å². The molecule has 0 atom stereocenters. The molecule has 132 valence electrons. The number of nitrogens with one attached hydrogen (secondary N) is 1. The largest absolute Gasteiger partial charge is 0.456 e. The van der Waals surface area contributed by atoms with E-state index in [1.807, 2.05) is 61.5 Å². The first-order chi connectivity index (χ1) is 12.5. The number of ether oxygens (including phenoxy) is 1. The molecule has 1 heterocycles. The second-order valence-corrected chi connectivity index (χ2v) is 5.86. The van der Waals surface area contributed by atoms with E-state index in [4.69, 9.17) is 4.74 Å². The second kappa shape index (κ2) is 7.65. The fourth-order valence-corrected chi connectivity index (χ4v) is 2.45. The minimum Gasteiger partial charge on any atom is -0.456 e. The molecule has 0 aliphatic heterocycles. The Kier molecular flexibility index (Phi) is 5.12. The van der Waals surface area contributed by atoms with Crippen LogP contribution in [0.25, 0.3) is 16.9 Å². The van der Waals surface area contributed by atoms with E-state index in [-0.39, 0.29) is 6.61 Å². The summed E-state index contributed by atoms with van der Waals surface area (Å²) in [6.45, 7) is 2.94. The number of hydrogen-bond acceptors (Lipinski definition) is 4. The molecule has 26 heavy (non-hydrogen) atoms. The number of amides is 1. The van der Waals surface area contributed by atoms with Crippen molar-refractivity contribution in [2.45, 2.75) is 13.8 Å². The average molecular weight is 349 g/mol. The minimum atomic E-state index is -0.503. The number of aromatic nitrogens is 2. The zero-order chi connectivity index (χ0) is 18.5. The molecule has 0 bridgehead atoms.